The van der Waals surface area contributed by atoms with Gasteiger partial charge in [-0.1, -0.05) is 39.0 Å². The summed E-state index contributed by atoms with van der Waals surface area (Å²) >= 11 is 0. The zero-order chi connectivity index (χ0) is 17.4. The van der Waals surface area contributed by atoms with Crippen molar-refractivity contribution in [3.05, 3.63) is 0 Å². The number of alkyl halides is 7. The van der Waals surface area contributed by atoms with Crippen LogP contribution in [0.2, 0.25) is 0 Å². The zero-order valence-corrected chi connectivity index (χ0v) is 12.6. The van der Waals surface area contributed by atoms with E-state index in [-0.39, 0.29) is 6.42 Å². The maximum Gasteiger partial charge on any atom is 0.628 e. The van der Waals surface area contributed by atoms with E-state index < -0.39 is 45.1 Å². The van der Waals surface area contributed by atoms with Crippen molar-refractivity contribution in [3.8, 4) is 0 Å². The highest BCUT2D eigenvalue weighted by atomic mass is 28.4. The van der Waals surface area contributed by atoms with Crippen LogP contribution in [0.3, 0.4) is 0 Å². The highest BCUT2D eigenvalue weighted by molar-refractivity contribution is 6.63. The molecule has 132 valence electrons. The van der Waals surface area contributed by atoms with E-state index in [1.807, 2.05) is 0 Å². The van der Waals surface area contributed by atoms with Crippen molar-refractivity contribution in [1.82, 2.24) is 0 Å². The lowest BCUT2D eigenvalue weighted by Crippen LogP contribution is -2.78. The van der Waals surface area contributed by atoms with Crippen LogP contribution in [-0.4, -0.2) is 32.2 Å². The van der Waals surface area contributed by atoms with Crippen LogP contribution in [0.4, 0.5) is 38.9 Å². The molecular formula is C11H15F9OSi. The summed E-state index contributed by atoms with van der Waals surface area (Å²) in [4.78, 5) is 0. The third-order valence-electron chi connectivity index (χ3n) is 3.60. The SMILES string of the molecule is CCCCCCCC1(F)C(F)(F)C(F)(F)C(F)(F)O[Si]1(F)F. The highest BCUT2D eigenvalue weighted by Crippen LogP contribution is 2.62. The summed E-state index contributed by atoms with van der Waals surface area (Å²) in [6.45, 7) is 1.80. The summed E-state index contributed by atoms with van der Waals surface area (Å²) in [6, 6.07) is 0. The highest BCUT2D eigenvalue weighted by Gasteiger charge is 2.93. The molecule has 1 unspecified atom stereocenters. The Morgan fingerprint density at radius 3 is 1.77 bits per heavy atom. The molecule has 11 heteroatoms. The number of hydrogen-bond donors (Lipinski definition) is 0. The molecule has 1 atom stereocenters. The van der Waals surface area contributed by atoms with E-state index in [0.29, 0.717) is 12.8 Å². The normalized spacial score (nSPS) is 31.9. The van der Waals surface area contributed by atoms with Gasteiger partial charge in [-0.25, -0.2) is 12.6 Å². The van der Waals surface area contributed by atoms with Crippen LogP contribution in [0.1, 0.15) is 45.4 Å². The van der Waals surface area contributed by atoms with Crippen LogP contribution < -0.4 is 0 Å². The standard InChI is InChI=1S/C11H15F9OSi/c1-2-3-4-5-6-7-8(12)9(13,14)10(15,16)11(17,18)21-22(8,19)20/h2-7H2,1H3. The second kappa shape index (κ2) is 5.88. The minimum absolute atomic E-state index is 0.0437. The van der Waals surface area contributed by atoms with Crippen molar-refractivity contribution in [2.75, 3.05) is 0 Å². The molecule has 0 aliphatic carbocycles. The van der Waals surface area contributed by atoms with Crippen molar-refractivity contribution < 1.29 is 43.4 Å². The Bertz CT molecular complexity index is 401. The second-order valence-electron chi connectivity index (χ2n) is 5.25. The van der Waals surface area contributed by atoms with Gasteiger partial charge in [-0.2, -0.15) is 26.3 Å². The molecule has 0 aromatic rings. The minimum atomic E-state index is -7.42. The maximum atomic E-state index is 14.1. The molecule has 0 amide bonds. The van der Waals surface area contributed by atoms with E-state index in [1.54, 1.807) is 6.92 Å². The first-order valence-electron chi connectivity index (χ1n) is 6.67. The van der Waals surface area contributed by atoms with Gasteiger partial charge >= 0.3 is 26.9 Å². The van der Waals surface area contributed by atoms with Crippen LogP contribution in [0.25, 0.3) is 0 Å². The predicted molar refractivity (Wildman–Crippen MR) is 61.1 cm³/mol. The molecule has 0 aromatic heterocycles. The summed E-state index contributed by atoms with van der Waals surface area (Å²) < 4.78 is 122. The summed E-state index contributed by atoms with van der Waals surface area (Å²) in [5.41, 5.74) is 0. The van der Waals surface area contributed by atoms with Crippen molar-refractivity contribution in [3.63, 3.8) is 0 Å². The van der Waals surface area contributed by atoms with Crippen LogP contribution >= 0.6 is 0 Å². The van der Waals surface area contributed by atoms with Gasteiger partial charge in [0.1, 0.15) is 0 Å². The van der Waals surface area contributed by atoms with E-state index >= 15 is 0 Å². The van der Waals surface area contributed by atoms with E-state index in [4.69, 9.17) is 0 Å². The fourth-order valence-corrected chi connectivity index (χ4v) is 3.80. The molecule has 0 saturated carbocycles. The number of halogens is 9. The summed E-state index contributed by atoms with van der Waals surface area (Å²) in [5.74, 6) is -12.6. The molecule has 1 nitrogen and oxygen atoms in total. The van der Waals surface area contributed by atoms with E-state index in [0.717, 1.165) is 6.42 Å². The molecule has 1 rings (SSSR count). The van der Waals surface area contributed by atoms with Gasteiger partial charge in [0.25, 0.3) is 5.29 Å². The van der Waals surface area contributed by atoms with E-state index in [1.165, 1.54) is 0 Å². The molecular weight excluding hydrogens is 347 g/mol. The molecule has 1 fully saturated rings. The van der Waals surface area contributed by atoms with Gasteiger partial charge in [-0.05, 0) is 6.42 Å². The fourth-order valence-electron chi connectivity index (χ4n) is 2.19. The largest absolute Gasteiger partial charge is 0.628 e. The average molecular weight is 362 g/mol. The van der Waals surface area contributed by atoms with Gasteiger partial charge in [-0.15, -0.1) is 0 Å². The molecule has 1 saturated heterocycles. The monoisotopic (exact) mass is 362 g/mol. The molecule has 0 spiro atoms. The second-order valence-corrected chi connectivity index (χ2v) is 7.28. The van der Waals surface area contributed by atoms with Crippen molar-refractivity contribution in [2.24, 2.45) is 0 Å². The lowest BCUT2D eigenvalue weighted by molar-refractivity contribution is -0.419. The first-order chi connectivity index (χ1) is 9.77. The Morgan fingerprint density at radius 1 is 0.773 bits per heavy atom. The molecule has 0 N–H and O–H groups in total. The maximum absolute atomic E-state index is 14.1. The van der Waals surface area contributed by atoms with Crippen molar-refractivity contribution >= 4 is 8.99 Å². The Kier molecular flexibility index (Phi) is 5.23. The van der Waals surface area contributed by atoms with E-state index in [2.05, 4.69) is 4.43 Å². The molecule has 22 heavy (non-hydrogen) atoms. The average Bonchev–Trinajstić information content (AvgIpc) is 2.35. The quantitative estimate of drug-likeness (QED) is 0.267. The summed E-state index contributed by atoms with van der Waals surface area (Å²) in [7, 11) is -7.42. The Hall–Kier alpha value is -0.453. The number of hydrogen-bond acceptors (Lipinski definition) is 1. The number of unbranched alkanes of at least 4 members (excludes halogenated alkanes) is 4. The summed E-state index contributed by atoms with van der Waals surface area (Å²) in [5, 5.41) is -5.07. The summed E-state index contributed by atoms with van der Waals surface area (Å²) in [6.07, 6.45) is -6.55. The molecule has 1 aliphatic rings. The van der Waals surface area contributed by atoms with Gasteiger partial charge in [0.2, 0.25) is 0 Å². The van der Waals surface area contributed by atoms with Gasteiger partial charge < -0.3 is 4.43 Å². The molecule has 1 aliphatic heterocycles. The van der Waals surface area contributed by atoms with Crippen molar-refractivity contribution in [2.45, 2.75) is 68.7 Å². The number of rotatable bonds is 6. The first kappa shape index (κ1) is 19.6. The Labute approximate surface area is 122 Å². The molecule has 0 radical (unpaired) electrons. The van der Waals surface area contributed by atoms with Gasteiger partial charge in [-0.3, -0.25) is 0 Å². The van der Waals surface area contributed by atoms with Gasteiger partial charge in [0.15, 0.2) is 0 Å². The van der Waals surface area contributed by atoms with Gasteiger partial charge in [0.05, 0.1) is 0 Å². The van der Waals surface area contributed by atoms with Crippen LogP contribution in [0.5, 0.6) is 0 Å². The molecule has 1 heterocycles. The van der Waals surface area contributed by atoms with Crippen LogP contribution in [0.15, 0.2) is 0 Å². The first-order valence-corrected chi connectivity index (χ1v) is 8.33. The lowest BCUT2D eigenvalue weighted by Gasteiger charge is -2.47. The minimum Gasteiger partial charge on any atom is -0.300 e. The lowest BCUT2D eigenvalue weighted by atomic mass is 9.98. The third-order valence-corrected chi connectivity index (χ3v) is 5.60. The molecule has 0 bridgehead atoms. The van der Waals surface area contributed by atoms with Gasteiger partial charge in [0, 0.05) is 0 Å². The molecule has 0 aromatic carbocycles. The smallest absolute Gasteiger partial charge is 0.300 e. The fraction of sp³-hybridized carbons (Fsp3) is 1.00. The third kappa shape index (κ3) is 2.74. The predicted octanol–water partition coefficient (Wildman–Crippen LogP) is 5.37. The Morgan fingerprint density at radius 2 is 1.27 bits per heavy atom. The van der Waals surface area contributed by atoms with Crippen LogP contribution in [-0.2, 0) is 4.43 Å². The topological polar surface area (TPSA) is 9.23 Å². The van der Waals surface area contributed by atoms with Crippen LogP contribution in [0, 0.1) is 0 Å². The Balaban J connectivity index is 3.04. The van der Waals surface area contributed by atoms with E-state index in [9.17, 15) is 38.9 Å². The zero-order valence-electron chi connectivity index (χ0n) is 11.6. The van der Waals surface area contributed by atoms with Crippen molar-refractivity contribution in [1.29, 1.82) is 0 Å².